The minimum atomic E-state index is -0.572. The van der Waals surface area contributed by atoms with E-state index in [0.29, 0.717) is 25.4 Å². The van der Waals surface area contributed by atoms with Gasteiger partial charge in [-0.3, -0.25) is 4.79 Å². The lowest BCUT2D eigenvalue weighted by atomic mass is 10.1. The molecule has 0 bridgehead atoms. The van der Waals surface area contributed by atoms with Crippen LogP contribution >= 0.6 is 11.6 Å². The maximum absolute atomic E-state index is 12.9. The Labute approximate surface area is 150 Å². The van der Waals surface area contributed by atoms with E-state index in [1.807, 2.05) is 20.8 Å². The summed E-state index contributed by atoms with van der Waals surface area (Å²) >= 11 is 5.90. The van der Waals surface area contributed by atoms with Gasteiger partial charge in [0.25, 0.3) is 5.91 Å². The van der Waals surface area contributed by atoms with Gasteiger partial charge in [-0.1, -0.05) is 11.6 Å². The molecule has 0 unspecified atom stereocenters. The third kappa shape index (κ3) is 3.58. The molecule has 0 saturated carbocycles. The Morgan fingerprint density at radius 2 is 2.16 bits per heavy atom. The molecule has 2 aliphatic heterocycles. The van der Waals surface area contributed by atoms with Gasteiger partial charge in [-0.25, -0.2) is 9.78 Å². The fourth-order valence-corrected chi connectivity index (χ4v) is 3.12. The molecule has 2 amide bonds. The van der Waals surface area contributed by atoms with Gasteiger partial charge in [-0.15, -0.1) is 0 Å². The van der Waals surface area contributed by atoms with Crippen molar-refractivity contribution < 1.29 is 19.1 Å². The monoisotopic (exact) mass is 368 g/mol. The lowest BCUT2D eigenvalue weighted by Gasteiger charge is -2.40. The van der Waals surface area contributed by atoms with Crippen LogP contribution in [0.4, 0.5) is 10.6 Å². The van der Waals surface area contributed by atoms with Crippen LogP contribution in [-0.4, -0.2) is 64.7 Å². The fourth-order valence-electron chi connectivity index (χ4n) is 2.93. The summed E-state index contributed by atoms with van der Waals surface area (Å²) in [6.07, 6.45) is -0.398. The number of pyridine rings is 1. The SMILES string of the molecule is CC(C)(C)OC(=O)N1CCN2C(=O)c3c(cc(Cl)nc3N)OC[C@H]2C1. The number of aromatic nitrogens is 1. The number of hydrogen-bond donors (Lipinski definition) is 1. The first-order valence-corrected chi connectivity index (χ1v) is 8.41. The molecule has 0 aromatic carbocycles. The summed E-state index contributed by atoms with van der Waals surface area (Å²) in [5, 5.41) is 0.166. The van der Waals surface area contributed by atoms with E-state index in [-0.39, 0.29) is 35.1 Å². The van der Waals surface area contributed by atoms with Gasteiger partial charge >= 0.3 is 6.09 Å². The largest absolute Gasteiger partial charge is 0.490 e. The summed E-state index contributed by atoms with van der Waals surface area (Å²) in [6.45, 7) is 6.76. The lowest BCUT2D eigenvalue weighted by molar-refractivity contribution is 0.000958. The highest BCUT2D eigenvalue weighted by molar-refractivity contribution is 6.29. The zero-order valence-corrected chi connectivity index (χ0v) is 15.2. The first-order chi connectivity index (χ1) is 11.7. The second-order valence-electron chi connectivity index (χ2n) is 7.09. The molecule has 136 valence electrons. The Balaban J connectivity index is 1.80. The average Bonchev–Trinajstić information content (AvgIpc) is 2.62. The molecule has 3 heterocycles. The second kappa shape index (κ2) is 6.25. The first-order valence-electron chi connectivity index (χ1n) is 8.03. The summed E-state index contributed by atoms with van der Waals surface area (Å²) in [5.74, 6) is 0.103. The number of ether oxygens (including phenoxy) is 2. The number of nitrogens with zero attached hydrogens (tertiary/aromatic N) is 3. The Morgan fingerprint density at radius 1 is 1.44 bits per heavy atom. The van der Waals surface area contributed by atoms with Crippen LogP contribution in [0.1, 0.15) is 31.1 Å². The van der Waals surface area contributed by atoms with Crippen molar-refractivity contribution in [2.75, 3.05) is 32.0 Å². The van der Waals surface area contributed by atoms with E-state index in [2.05, 4.69) is 4.98 Å². The molecule has 25 heavy (non-hydrogen) atoms. The van der Waals surface area contributed by atoms with E-state index in [4.69, 9.17) is 26.8 Å². The second-order valence-corrected chi connectivity index (χ2v) is 7.48. The minimum absolute atomic E-state index is 0.0442. The standard InChI is InChI=1S/C16H21ClN4O4/c1-16(2,3)25-15(23)20-4-5-21-9(7-20)8-24-10-6-11(17)19-13(18)12(10)14(21)22/h6,9H,4-5,7-8H2,1-3H3,(H2,18,19)/t9-/m1/s1. The number of piperazine rings is 1. The van der Waals surface area contributed by atoms with Gasteiger partial charge in [0.2, 0.25) is 0 Å². The number of fused-ring (bicyclic) bond motifs is 2. The number of rotatable bonds is 0. The molecule has 0 aliphatic carbocycles. The molecular formula is C16H21ClN4O4. The van der Waals surface area contributed by atoms with Crippen molar-refractivity contribution in [3.8, 4) is 5.75 Å². The molecule has 2 N–H and O–H groups in total. The average molecular weight is 369 g/mol. The Bertz CT molecular complexity index is 719. The van der Waals surface area contributed by atoms with Crippen LogP contribution < -0.4 is 10.5 Å². The molecule has 1 atom stereocenters. The summed E-state index contributed by atoms with van der Waals surface area (Å²) in [4.78, 5) is 32.3. The summed E-state index contributed by atoms with van der Waals surface area (Å²) in [7, 11) is 0. The Kier molecular flexibility index (Phi) is 4.40. The van der Waals surface area contributed by atoms with Gasteiger partial charge in [0.05, 0.1) is 6.04 Å². The first kappa shape index (κ1) is 17.6. The zero-order chi connectivity index (χ0) is 18.4. The highest BCUT2D eigenvalue weighted by Crippen LogP contribution is 2.32. The van der Waals surface area contributed by atoms with Crippen LogP contribution in [-0.2, 0) is 4.74 Å². The van der Waals surface area contributed by atoms with E-state index in [9.17, 15) is 9.59 Å². The molecular weight excluding hydrogens is 348 g/mol. The topological polar surface area (TPSA) is 98.0 Å². The lowest BCUT2D eigenvalue weighted by Crippen LogP contribution is -2.58. The molecule has 2 aliphatic rings. The Morgan fingerprint density at radius 3 is 2.84 bits per heavy atom. The number of anilines is 1. The number of carbonyl (C=O) groups excluding carboxylic acids is 2. The molecule has 1 aromatic heterocycles. The van der Waals surface area contributed by atoms with E-state index in [1.165, 1.54) is 6.07 Å². The van der Waals surface area contributed by atoms with Crippen molar-refractivity contribution >= 4 is 29.4 Å². The fraction of sp³-hybridized carbons (Fsp3) is 0.562. The van der Waals surface area contributed by atoms with Crippen LogP contribution in [0, 0.1) is 0 Å². The number of nitrogens with two attached hydrogens (primary N) is 1. The predicted octanol–water partition coefficient (Wildman–Crippen LogP) is 1.77. The van der Waals surface area contributed by atoms with Gasteiger partial charge in [0, 0.05) is 25.7 Å². The number of carbonyl (C=O) groups is 2. The van der Waals surface area contributed by atoms with Crippen LogP contribution in [0.25, 0.3) is 0 Å². The third-order valence-electron chi connectivity index (χ3n) is 4.02. The predicted molar refractivity (Wildman–Crippen MR) is 91.8 cm³/mol. The molecule has 1 saturated heterocycles. The smallest absolute Gasteiger partial charge is 0.410 e. The molecule has 1 aromatic rings. The maximum Gasteiger partial charge on any atom is 0.410 e. The molecule has 0 radical (unpaired) electrons. The van der Waals surface area contributed by atoms with Gasteiger partial charge in [0.15, 0.2) is 0 Å². The van der Waals surface area contributed by atoms with Crippen LogP contribution in [0.5, 0.6) is 5.75 Å². The van der Waals surface area contributed by atoms with Crippen molar-refractivity contribution in [3.05, 3.63) is 16.8 Å². The number of halogens is 1. The van der Waals surface area contributed by atoms with Gasteiger partial charge in [-0.05, 0) is 20.8 Å². The zero-order valence-electron chi connectivity index (χ0n) is 14.4. The van der Waals surface area contributed by atoms with E-state index < -0.39 is 11.7 Å². The number of amides is 2. The van der Waals surface area contributed by atoms with Gasteiger partial charge in [-0.2, -0.15) is 0 Å². The Hall–Kier alpha value is -2.22. The summed E-state index contributed by atoms with van der Waals surface area (Å²) < 4.78 is 11.1. The highest BCUT2D eigenvalue weighted by Gasteiger charge is 2.39. The van der Waals surface area contributed by atoms with Crippen LogP contribution in [0.3, 0.4) is 0 Å². The van der Waals surface area contributed by atoms with Crippen molar-refractivity contribution in [1.29, 1.82) is 0 Å². The quantitative estimate of drug-likeness (QED) is 0.701. The van der Waals surface area contributed by atoms with Gasteiger partial charge in [0.1, 0.15) is 34.5 Å². The molecule has 3 rings (SSSR count). The molecule has 9 heteroatoms. The van der Waals surface area contributed by atoms with E-state index in [1.54, 1.807) is 9.80 Å². The van der Waals surface area contributed by atoms with Crippen LogP contribution in [0.15, 0.2) is 6.07 Å². The van der Waals surface area contributed by atoms with Crippen molar-refractivity contribution in [2.24, 2.45) is 0 Å². The van der Waals surface area contributed by atoms with Crippen molar-refractivity contribution in [2.45, 2.75) is 32.4 Å². The summed E-state index contributed by atoms with van der Waals surface area (Å²) in [5.41, 5.74) is 5.51. The van der Waals surface area contributed by atoms with Gasteiger partial charge < -0.3 is 25.0 Å². The molecule has 8 nitrogen and oxygen atoms in total. The summed E-state index contributed by atoms with van der Waals surface area (Å²) in [6, 6.07) is 1.19. The van der Waals surface area contributed by atoms with Crippen LogP contribution in [0.2, 0.25) is 5.15 Å². The number of hydrogen-bond acceptors (Lipinski definition) is 6. The van der Waals surface area contributed by atoms with Crippen molar-refractivity contribution in [3.63, 3.8) is 0 Å². The van der Waals surface area contributed by atoms with E-state index in [0.717, 1.165) is 0 Å². The molecule has 0 spiro atoms. The maximum atomic E-state index is 12.9. The normalized spacial score (nSPS) is 20.3. The highest BCUT2D eigenvalue weighted by atomic mass is 35.5. The third-order valence-corrected chi connectivity index (χ3v) is 4.21. The molecule has 1 fully saturated rings. The van der Waals surface area contributed by atoms with Crippen molar-refractivity contribution in [1.82, 2.24) is 14.8 Å². The minimum Gasteiger partial charge on any atom is -0.490 e. The number of nitrogen functional groups attached to an aromatic ring is 1. The van der Waals surface area contributed by atoms with E-state index >= 15 is 0 Å².